The molecular formula is C13H18O2. The van der Waals surface area contributed by atoms with Crippen LogP contribution in [0.2, 0.25) is 0 Å². The molecule has 2 heteroatoms. The number of hydrogen-bond acceptors (Lipinski definition) is 2. The zero-order valence-electron chi connectivity index (χ0n) is 9.36. The highest BCUT2D eigenvalue weighted by atomic mass is 16.5. The lowest BCUT2D eigenvalue weighted by Crippen LogP contribution is -2.31. The monoisotopic (exact) mass is 206 g/mol. The van der Waals surface area contributed by atoms with Crippen LogP contribution in [0.25, 0.3) is 0 Å². The average molecular weight is 206 g/mol. The van der Waals surface area contributed by atoms with E-state index < -0.39 is 5.60 Å². The fraction of sp³-hybridized carbons (Fsp3) is 0.846. The number of aliphatic hydroxyl groups is 1. The molecule has 4 aliphatic carbocycles. The summed E-state index contributed by atoms with van der Waals surface area (Å²) >= 11 is 0. The van der Waals surface area contributed by atoms with Gasteiger partial charge in [-0.2, -0.15) is 0 Å². The Morgan fingerprint density at radius 3 is 2.80 bits per heavy atom. The second-order valence-corrected chi connectivity index (χ2v) is 6.15. The minimum Gasteiger partial charge on any atom is -0.390 e. The van der Waals surface area contributed by atoms with Crippen LogP contribution < -0.4 is 0 Å². The Labute approximate surface area is 90.3 Å². The van der Waals surface area contributed by atoms with Crippen LogP contribution >= 0.6 is 0 Å². The van der Waals surface area contributed by atoms with E-state index in [0.29, 0.717) is 23.2 Å². The SMILES string of the molecule is CO[C@]12C3C=C[C@H]1C[C@H]1C32CC[C@@]1(C)O. The van der Waals surface area contributed by atoms with Crippen LogP contribution in [0, 0.1) is 23.2 Å². The molecule has 0 aliphatic heterocycles. The molecule has 1 N–H and O–H groups in total. The van der Waals surface area contributed by atoms with Crippen molar-refractivity contribution in [1.29, 1.82) is 0 Å². The molecule has 6 atom stereocenters. The first-order valence-corrected chi connectivity index (χ1v) is 6.05. The Balaban J connectivity index is 1.87. The Bertz CT molecular complexity index is 373. The summed E-state index contributed by atoms with van der Waals surface area (Å²) < 4.78 is 5.88. The van der Waals surface area contributed by atoms with Crippen molar-refractivity contribution >= 4 is 0 Å². The van der Waals surface area contributed by atoms with Gasteiger partial charge in [-0.1, -0.05) is 12.2 Å². The molecule has 1 spiro atoms. The quantitative estimate of drug-likeness (QED) is 0.662. The Morgan fingerprint density at radius 1 is 1.33 bits per heavy atom. The van der Waals surface area contributed by atoms with Gasteiger partial charge in [0.25, 0.3) is 0 Å². The summed E-state index contributed by atoms with van der Waals surface area (Å²) in [5.41, 5.74) is -0.0396. The molecule has 0 heterocycles. The third-order valence-electron chi connectivity index (χ3n) is 5.99. The third kappa shape index (κ3) is 0.599. The van der Waals surface area contributed by atoms with Gasteiger partial charge >= 0.3 is 0 Å². The van der Waals surface area contributed by atoms with Crippen molar-refractivity contribution in [3.63, 3.8) is 0 Å². The first-order chi connectivity index (χ1) is 7.09. The average Bonchev–Trinajstić information content (AvgIpc) is 2.42. The molecule has 3 fully saturated rings. The van der Waals surface area contributed by atoms with Gasteiger partial charge in [0.1, 0.15) is 0 Å². The van der Waals surface area contributed by atoms with E-state index in [4.69, 9.17) is 4.74 Å². The van der Waals surface area contributed by atoms with E-state index in [2.05, 4.69) is 12.2 Å². The van der Waals surface area contributed by atoms with Crippen LogP contribution in [0.5, 0.6) is 0 Å². The van der Waals surface area contributed by atoms with Gasteiger partial charge in [0.2, 0.25) is 0 Å². The second-order valence-electron chi connectivity index (χ2n) is 6.15. The lowest BCUT2D eigenvalue weighted by Gasteiger charge is -2.26. The summed E-state index contributed by atoms with van der Waals surface area (Å²) in [5, 5.41) is 10.4. The summed E-state index contributed by atoms with van der Waals surface area (Å²) in [6.45, 7) is 2.02. The topological polar surface area (TPSA) is 29.5 Å². The highest BCUT2D eigenvalue weighted by Crippen LogP contribution is 2.86. The number of hydrogen-bond donors (Lipinski definition) is 1. The van der Waals surface area contributed by atoms with Gasteiger partial charge in [-0.05, 0) is 32.1 Å². The molecule has 82 valence electrons. The summed E-state index contributed by atoms with van der Waals surface area (Å²) in [5.74, 6) is 1.65. The van der Waals surface area contributed by atoms with Crippen molar-refractivity contribution in [3.05, 3.63) is 12.2 Å². The molecule has 2 unspecified atom stereocenters. The van der Waals surface area contributed by atoms with Crippen molar-refractivity contribution in [2.24, 2.45) is 23.2 Å². The molecule has 4 rings (SSSR count). The first kappa shape index (κ1) is 8.77. The summed E-state index contributed by atoms with van der Waals surface area (Å²) in [7, 11) is 1.86. The summed E-state index contributed by atoms with van der Waals surface area (Å²) in [6, 6.07) is 0. The fourth-order valence-corrected chi connectivity index (χ4v) is 5.51. The molecular weight excluding hydrogens is 188 g/mol. The van der Waals surface area contributed by atoms with Crippen LogP contribution in [-0.2, 0) is 4.74 Å². The first-order valence-electron chi connectivity index (χ1n) is 6.05. The largest absolute Gasteiger partial charge is 0.390 e. The van der Waals surface area contributed by atoms with E-state index in [0.717, 1.165) is 19.3 Å². The minimum absolute atomic E-state index is 0.0954. The summed E-state index contributed by atoms with van der Waals surface area (Å²) in [4.78, 5) is 0. The van der Waals surface area contributed by atoms with Crippen LogP contribution in [0.15, 0.2) is 12.2 Å². The molecule has 0 aromatic heterocycles. The van der Waals surface area contributed by atoms with E-state index in [1.54, 1.807) is 0 Å². The Hall–Kier alpha value is -0.340. The van der Waals surface area contributed by atoms with Gasteiger partial charge in [-0.25, -0.2) is 0 Å². The van der Waals surface area contributed by atoms with Gasteiger partial charge < -0.3 is 9.84 Å². The van der Waals surface area contributed by atoms with Crippen LogP contribution in [0.3, 0.4) is 0 Å². The highest BCUT2D eigenvalue weighted by Gasteiger charge is 2.89. The summed E-state index contributed by atoms with van der Waals surface area (Å²) in [6.07, 6.45) is 7.93. The van der Waals surface area contributed by atoms with E-state index in [-0.39, 0.29) is 5.60 Å². The van der Waals surface area contributed by atoms with Crippen molar-refractivity contribution in [2.75, 3.05) is 7.11 Å². The molecule has 4 aliphatic rings. The predicted molar refractivity (Wildman–Crippen MR) is 56.3 cm³/mol. The lowest BCUT2D eigenvalue weighted by molar-refractivity contribution is 0.00520. The molecule has 2 nitrogen and oxygen atoms in total. The maximum Gasteiger partial charge on any atom is 0.0876 e. The molecule has 0 radical (unpaired) electrons. The smallest absolute Gasteiger partial charge is 0.0876 e. The highest BCUT2D eigenvalue weighted by molar-refractivity contribution is 5.46. The van der Waals surface area contributed by atoms with Crippen LogP contribution in [-0.4, -0.2) is 23.4 Å². The maximum atomic E-state index is 10.4. The standard InChI is InChI=1S/C13H18O2/c1-11(14)5-6-12-9-4-3-8(7-10(11)12)13(9,12)15-2/h3-4,8-10,14H,5-7H2,1-2H3/t8-,9?,10+,11+,12?,13-/m0/s1. The van der Waals surface area contributed by atoms with Crippen molar-refractivity contribution in [3.8, 4) is 0 Å². The molecule has 0 amide bonds. The van der Waals surface area contributed by atoms with E-state index in [1.807, 2.05) is 14.0 Å². The van der Waals surface area contributed by atoms with Crippen molar-refractivity contribution in [2.45, 2.75) is 37.4 Å². The molecule has 0 aromatic rings. The molecule has 3 saturated carbocycles. The molecule has 0 saturated heterocycles. The second kappa shape index (κ2) is 2.05. The number of methoxy groups -OCH3 is 1. The molecule has 15 heavy (non-hydrogen) atoms. The van der Waals surface area contributed by atoms with Crippen molar-refractivity contribution in [1.82, 2.24) is 0 Å². The fourth-order valence-electron chi connectivity index (χ4n) is 5.51. The minimum atomic E-state index is -0.445. The molecule has 0 bridgehead atoms. The van der Waals surface area contributed by atoms with E-state index >= 15 is 0 Å². The zero-order valence-corrected chi connectivity index (χ0v) is 9.36. The van der Waals surface area contributed by atoms with Crippen LogP contribution in [0.1, 0.15) is 26.2 Å². The van der Waals surface area contributed by atoms with Gasteiger partial charge in [-0.15, -0.1) is 0 Å². The van der Waals surface area contributed by atoms with Crippen molar-refractivity contribution < 1.29 is 9.84 Å². The Morgan fingerprint density at radius 2 is 2.13 bits per heavy atom. The van der Waals surface area contributed by atoms with Gasteiger partial charge in [-0.3, -0.25) is 0 Å². The number of rotatable bonds is 1. The van der Waals surface area contributed by atoms with E-state index in [9.17, 15) is 5.11 Å². The van der Waals surface area contributed by atoms with Crippen LogP contribution in [0.4, 0.5) is 0 Å². The zero-order chi connectivity index (χ0) is 10.5. The molecule has 0 aromatic carbocycles. The van der Waals surface area contributed by atoms with Gasteiger partial charge in [0, 0.05) is 24.4 Å². The predicted octanol–water partition coefficient (Wildman–Crippen LogP) is 1.74. The van der Waals surface area contributed by atoms with Gasteiger partial charge in [0.05, 0.1) is 11.2 Å². The normalized spacial score (nSPS) is 68.3. The van der Waals surface area contributed by atoms with Gasteiger partial charge in [0.15, 0.2) is 0 Å². The Kier molecular flexibility index (Phi) is 1.20. The lowest BCUT2D eigenvalue weighted by atomic mass is 9.83. The maximum absolute atomic E-state index is 10.4. The van der Waals surface area contributed by atoms with E-state index in [1.165, 1.54) is 0 Å². The third-order valence-corrected chi connectivity index (χ3v) is 5.99. The number of ether oxygens (including phenoxy) is 1.